The molecule has 2 heterocycles. The van der Waals surface area contributed by atoms with Gasteiger partial charge in [0, 0.05) is 42.5 Å². The molecule has 0 radical (unpaired) electrons. The number of aryl methyl sites for hydroxylation is 1. The molecule has 1 fully saturated rings. The van der Waals surface area contributed by atoms with Gasteiger partial charge in [0.05, 0.1) is 5.69 Å². The average molecular weight is 456 g/mol. The maximum absolute atomic E-state index is 12.8. The monoisotopic (exact) mass is 455 g/mol. The molecule has 1 aliphatic rings. The molecule has 6 nitrogen and oxygen atoms in total. The molecule has 0 N–H and O–H groups in total. The fourth-order valence-corrected chi connectivity index (χ4v) is 4.83. The number of hydrogen-bond donors (Lipinski definition) is 0. The number of amides is 1. The number of benzene rings is 2. The molecule has 4 rings (SSSR count). The third-order valence-electron chi connectivity index (χ3n) is 5.54. The summed E-state index contributed by atoms with van der Waals surface area (Å²) in [6.45, 7) is 8.61. The first kappa shape index (κ1) is 21.9. The highest BCUT2D eigenvalue weighted by atomic mass is 35.5. The number of nitrogens with zero attached hydrogens (tertiary/aromatic N) is 5. The van der Waals surface area contributed by atoms with Crippen LogP contribution in [0.5, 0.6) is 0 Å². The largest absolute Gasteiger partial charge is 0.336 e. The number of halogens is 1. The van der Waals surface area contributed by atoms with E-state index < -0.39 is 0 Å². The van der Waals surface area contributed by atoms with Gasteiger partial charge in [-0.25, -0.2) is 0 Å². The maximum atomic E-state index is 12.8. The standard InChI is InChI=1S/C23H26ClN5OS/c1-3-27-11-13-28(14-12-27)22(30)19-9-7-18(8-10-19)16-31-23-26-25-17(2)29(23)21-6-4-5-20(24)15-21/h4-10,15H,3,11-14,16H2,1-2H3. The second-order valence-corrected chi connectivity index (χ2v) is 8.94. The Labute approximate surface area is 192 Å². The Balaban J connectivity index is 1.40. The first-order valence-corrected chi connectivity index (χ1v) is 11.8. The van der Waals surface area contributed by atoms with E-state index in [0.29, 0.717) is 5.02 Å². The van der Waals surface area contributed by atoms with Gasteiger partial charge in [-0.1, -0.05) is 48.5 Å². The van der Waals surface area contributed by atoms with E-state index in [-0.39, 0.29) is 5.91 Å². The molecule has 0 bridgehead atoms. The second kappa shape index (κ2) is 9.85. The Kier molecular flexibility index (Phi) is 6.95. The molecule has 162 valence electrons. The average Bonchev–Trinajstić information content (AvgIpc) is 3.18. The maximum Gasteiger partial charge on any atom is 0.253 e. The summed E-state index contributed by atoms with van der Waals surface area (Å²) >= 11 is 7.77. The van der Waals surface area contributed by atoms with Crippen LogP contribution >= 0.6 is 23.4 Å². The van der Waals surface area contributed by atoms with Crippen molar-refractivity contribution in [3.8, 4) is 5.69 Å². The normalized spacial score (nSPS) is 14.7. The predicted molar refractivity (Wildman–Crippen MR) is 125 cm³/mol. The summed E-state index contributed by atoms with van der Waals surface area (Å²) in [6.07, 6.45) is 0. The number of carbonyl (C=O) groups excluding carboxylic acids is 1. The molecule has 0 atom stereocenters. The summed E-state index contributed by atoms with van der Waals surface area (Å²) in [7, 11) is 0. The number of thioether (sulfide) groups is 1. The fourth-order valence-electron chi connectivity index (χ4n) is 3.69. The molecule has 3 aromatic rings. The predicted octanol–water partition coefficient (Wildman–Crippen LogP) is 4.30. The van der Waals surface area contributed by atoms with Gasteiger partial charge in [-0.2, -0.15) is 0 Å². The van der Waals surface area contributed by atoms with Crippen molar-refractivity contribution in [3.63, 3.8) is 0 Å². The number of hydrogen-bond acceptors (Lipinski definition) is 5. The zero-order chi connectivity index (χ0) is 21.8. The van der Waals surface area contributed by atoms with Gasteiger partial charge >= 0.3 is 0 Å². The van der Waals surface area contributed by atoms with Crippen molar-refractivity contribution in [2.24, 2.45) is 0 Å². The summed E-state index contributed by atoms with van der Waals surface area (Å²) < 4.78 is 2.00. The van der Waals surface area contributed by atoms with E-state index in [1.165, 1.54) is 0 Å². The lowest BCUT2D eigenvalue weighted by Gasteiger charge is -2.34. The minimum absolute atomic E-state index is 0.117. The molecule has 8 heteroatoms. The van der Waals surface area contributed by atoms with E-state index >= 15 is 0 Å². The van der Waals surface area contributed by atoms with E-state index in [0.717, 1.165) is 66.3 Å². The molecule has 0 spiro atoms. The third-order valence-corrected chi connectivity index (χ3v) is 6.77. The second-order valence-electron chi connectivity index (χ2n) is 7.56. The van der Waals surface area contributed by atoms with E-state index in [1.54, 1.807) is 11.8 Å². The summed E-state index contributed by atoms with van der Waals surface area (Å²) in [5.74, 6) is 1.67. The van der Waals surface area contributed by atoms with E-state index in [1.807, 2.05) is 64.9 Å². The van der Waals surface area contributed by atoms with Crippen LogP contribution < -0.4 is 0 Å². The van der Waals surface area contributed by atoms with E-state index in [4.69, 9.17) is 11.6 Å². The van der Waals surface area contributed by atoms with Gasteiger partial charge in [-0.05, 0) is 49.4 Å². The van der Waals surface area contributed by atoms with Crippen molar-refractivity contribution < 1.29 is 4.79 Å². The third kappa shape index (κ3) is 5.11. The smallest absolute Gasteiger partial charge is 0.253 e. The van der Waals surface area contributed by atoms with Crippen molar-refractivity contribution in [2.45, 2.75) is 24.8 Å². The van der Waals surface area contributed by atoms with Crippen molar-refractivity contribution in [1.29, 1.82) is 0 Å². The topological polar surface area (TPSA) is 54.3 Å². The van der Waals surface area contributed by atoms with Crippen LogP contribution in [0.4, 0.5) is 0 Å². The molecular formula is C23H26ClN5OS. The number of aromatic nitrogens is 3. The molecular weight excluding hydrogens is 430 g/mol. The van der Waals surface area contributed by atoms with Crippen molar-refractivity contribution in [2.75, 3.05) is 32.7 Å². The SMILES string of the molecule is CCN1CCN(C(=O)c2ccc(CSc3nnc(C)n3-c3cccc(Cl)c3)cc2)CC1. The molecule has 1 amide bonds. The Hall–Kier alpha value is -2.35. The number of rotatable bonds is 6. The number of carbonyl (C=O) groups is 1. The van der Waals surface area contributed by atoms with Gasteiger partial charge in [0.2, 0.25) is 0 Å². The van der Waals surface area contributed by atoms with Crippen molar-refractivity contribution in [1.82, 2.24) is 24.6 Å². The highest BCUT2D eigenvalue weighted by Gasteiger charge is 2.21. The lowest BCUT2D eigenvalue weighted by Crippen LogP contribution is -2.48. The minimum atomic E-state index is 0.117. The van der Waals surface area contributed by atoms with Crippen molar-refractivity contribution >= 4 is 29.3 Å². The van der Waals surface area contributed by atoms with Crippen LogP contribution in [0.15, 0.2) is 53.7 Å². The minimum Gasteiger partial charge on any atom is -0.336 e. The fraction of sp³-hybridized carbons (Fsp3) is 0.348. The van der Waals surface area contributed by atoms with Gasteiger partial charge < -0.3 is 9.80 Å². The van der Waals surface area contributed by atoms with Crippen LogP contribution in [0.2, 0.25) is 5.02 Å². The van der Waals surface area contributed by atoms with Crippen LogP contribution in [-0.2, 0) is 5.75 Å². The van der Waals surface area contributed by atoms with Crippen LogP contribution in [0, 0.1) is 6.92 Å². The molecule has 0 saturated carbocycles. The van der Waals surface area contributed by atoms with Crippen LogP contribution in [-0.4, -0.2) is 63.2 Å². The van der Waals surface area contributed by atoms with Gasteiger partial charge in [-0.3, -0.25) is 9.36 Å². The van der Waals surface area contributed by atoms with Crippen LogP contribution in [0.3, 0.4) is 0 Å². The van der Waals surface area contributed by atoms with E-state index in [2.05, 4.69) is 22.0 Å². The van der Waals surface area contributed by atoms with Gasteiger partial charge in [0.15, 0.2) is 5.16 Å². The first-order chi connectivity index (χ1) is 15.0. The quantitative estimate of drug-likeness (QED) is 0.519. The van der Waals surface area contributed by atoms with Gasteiger partial charge in [0.1, 0.15) is 5.82 Å². The van der Waals surface area contributed by atoms with E-state index in [9.17, 15) is 4.79 Å². The van der Waals surface area contributed by atoms with Gasteiger partial charge in [-0.15, -0.1) is 10.2 Å². The summed E-state index contributed by atoms with van der Waals surface area (Å²) in [4.78, 5) is 17.1. The Bertz CT molecular complexity index is 1040. The van der Waals surface area contributed by atoms with Crippen LogP contribution in [0.1, 0.15) is 28.7 Å². The molecule has 2 aromatic carbocycles. The Morgan fingerprint density at radius 2 is 1.81 bits per heavy atom. The summed E-state index contributed by atoms with van der Waals surface area (Å²) in [5.41, 5.74) is 2.83. The van der Waals surface area contributed by atoms with Crippen molar-refractivity contribution in [3.05, 3.63) is 70.5 Å². The molecule has 0 aliphatic carbocycles. The summed E-state index contributed by atoms with van der Waals surface area (Å²) in [6, 6.07) is 15.6. The van der Waals surface area contributed by atoms with Crippen LogP contribution in [0.25, 0.3) is 5.69 Å². The number of piperazine rings is 1. The van der Waals surface area contributed by atoms with Gasteiger partial charge in [0.25, 0.3) is 5.91 Å². The highest BCUT2D eigenvalue weighted by molar-refractivity contribution is 7.98. The zero-order valence-electron chi connectivity index (χ0n) is 17.8. The lowest BCUT2D eigenvalue weighted by atomic mass is 10.1. The summed E-state index contributed by atoms with van der Waals surface area (Å²) in [5, 5.41) is 10.0. The Morgan fingerprint density at radius 1 is 1.06 bits per heavy atom. The Morgan fingerprint density at radius 3 is 2.48 bits per heavy atom. The first-order valence-electron chi connectivity index (χ1n) is 10.5. The lowest BCUT2D eigenvalue weighted by molar-refractivity contribution is 0.0643. The molecule has 31 heavy (non-hydrogen) atoms. The molecule has 1 saturated heterocycles. The number of likely N-dealkylation sites (N-methyl/N-ethyl adjacent to an activating group) is 1. The molecule has 1 aliphatic heterocycles. The zero-order valence-corrected chi connectivity index (χ0v) is 19.4. The molecule has 1 aromatic heterocycles. The molecule has 0 unspecified atom stereocenters. The highest BCUT2D eigenvalue weighted by Crippen LogP contribution is 2.26.